The standard InChI is InChI=1S/C15H21ClFN3/c1-20-10-3-2-4-11(20)6-9(5-10)19-15-7-12(16)13(17)8-14(15)18/h7-11,19H,2-6,18H2,1H3. The van der Waals surface area contributed by atoms with Gasteiger partial charge in [-0.15, -0.1) is 0 Å². The zero-order valence-corrected chi connectivity index (χ0v) is 12.5. The summed E-state index contributed by atoms with van der Waals surface area (Å²) in [5.41, 5.74) is 7.06. The van der Waals surface area contributed by atoms with Crippen molar-refractivity contribution in [2.45, 2.75) is 50.2 Å². The molecule has 2 aliphatic heterocycles. The lowest BCUT2D eigenvalue weighted by Gasteiger charge is -2.47. The lowest BCUT2D eigenvalue weighted by molar-refractivity contribution is 0.0608. The van der Waals surface area contributed by atoms with Crippen molar-refractivity contribution in [3.63, 3.8) is 0 Å². The smallest absolute Gasteiger partial charge is 0.143 e. The van der Waals surface area contributed by atoms with E-state index in [1.807, 2.05) is 0 Å². The third kappa shape index (κ3) is 2.59. The molecule has 2 aliphatic rings. The van der Waals surface area contributed by atoms with E-state index in [0.717, 1.165) is 18.5 Å². The molecule has 2 heterocycles. The van der Waals surface area contributed by atoms with Gasteiger partial charge in [0.15, 0.2) is 0 Å². The molecule has 110 valence electrons. The van der Waals surface area contributed by atoms with E-state index in [1.54, 1.807) is 6.07 Å². The van der Waals surface area contributed by atoms with Crippen LogP contribution in [0.1, 0.15) is 32.1 Å². The van der Waals surface area contributed by atoms with Crippen LogP contribution in [0.3, 0.4) is 0 Å². The van der Waals surface area contributed by atoms with Gasteiger partial charge in [0.2, 0.25) is 0 Å². The quantitative estimate of drug-likeness (QED) is 0.821. The Balaban J connectivity index is 1.74. The van der Waals surface area contributed by atoms with Gasteiger partial charge < -0.3 is 16.0 Å². The number of anilines is 2. The number of piperidine rings is 2. The van der Waals surface area contributed by atoms with Crippen LogP contribution in [0, 0.1) is 5.82 Å². The first kappa shape index (κ1) is 14.0. The van der Waals surface area contributed by atoms with Crippen LogP contribution in [-0.4, -0.2) is 30.1 Å². The van der Waals surface area contributed by atoms with E-state index in [0.29, 0.717) is 23.8 Å². The van der Waals surface area contributed by atoms with Crippen molar-refractivity contribution in [1.29, 1.82) is 0 Å². The average molecular weight is 298 g/mol. The predicted molar refractivity (Wildman–Crippen MR) is 81.7 cm³/mol. The summed E-state index contributed by atoms with van der Waals surface area (Å²) in [4.78, 5) is 2.52. The molecule has 20 heavy (non-hydrogen) atoms. The molecule has 0 spiro atoms. The van der Waals surface area contributed by atoms with Crippen molar-refractivity contribution >= 4 is 23.0 Å². The van der Waals surface area contributed by atoms with Crippen LogP contribution in [0.2, 0.25) is 5.02 Å². The first-order chi connectivity index (χ1) is 9.54. The molecule has 0 aromatic heterocycles. The zero-order valence-electron chi connectivity index (χ0n) is 11.7. The Labute approximate surface area is 124 Å². The normalized spacial score (nSPS) is 30.2. The largest absolute Gasteiger partial charge is 0.397 e. The number of benzene rings is 1. The maximum absolute atomic E-state index is 13.3. The monoisotopic (exact) mass is 297 g/mol. The number of rotatable bonds is 2. The van der Waals surface area contributed by atoms with Gasteiger partial charge in [-0.2, -0.15) is 0 Å². The van der Waals surface area contributed by atoms with E-state index in [1.165, 1.54) is 25.3 Å². The highest BCUT2D eigenvalue weighted by molar-refractivity contribution is 6.31. The van der Waals surface area contributed by atoms with Crippen LogP contribution < -0.4 is 11.1 Å². The summed E-state index contributed by atoms with van der Waals surface area (Å²) < 4.78 is 13.3. The minimum atomic E-state index is -0.463. The molecule has 2 bridgehead atoms. The molecule has 2 fully saturated rings. The average Bonchev–Trinajstić information content (AvgIpc) is 2.37. The highest BCUT2D eigenvalue weighted by atomic mass is 35.5. The first-order valence-corrected chi connectivity index (χ1v) is 7.65. The van der Waals surface area contributed by atoms with E-state index in [2.05, 4.69) is 17.3 Å². The second-order valence-electron chi connectivity index (χ2n) is 6.07. The van der Waals surface area contributed by atoms with Crippen molar-refractivity contribution in [2.24, 2.45) is 0 Å². The Hall–Kier alpha value is -1.00. The molecule has 1 aromatic rings. The summed E-state index contributed by atoms with van der Waals surface area (Å²) in [6, 6.07) is 4.58. The summed E-state index contributed by atoms with van der Waals surface area (Å²) in [7, 11) is 2.23. The number of nitrogens with zero attached hydrogens (tertiary/aromatic N) is 1. The Morgan fingerprint density at radius 1 is 1.30 bits per heavy atom. The van der Waals surface area contributed by atoms with Gasteiger partial charge in [-0.05, 0) is 38.8 Å². The number of nitrogens with two attached hydrogens (primary N) is 1. The second kappa shape index (κ2) is 5.41. The SMILES string of the molecule is CN1C2CCCC1CC(Nc1cc(Cl)c(F)cc1N)C2. The predicted octanol–water partition coefficient (Wildman–Crippen LogP) is 3.49. The highest BCUT2D eigenvalue weighted by Crippen LogP contribution is 2.35. The van der Waals surface area contributed by atoms with Gasteiger partial charge in [-0.25, -0.2) is 4.39 Å². The molecule has 3 N–H and O–H groups in total. The number of hydrogen-bond donors (Lipinski definition) is 2. The van der Waals surface area contributed by atoms with Gasteiger partial charge in [0.25, 0.3) is 0 Å². The first-order valence-electron chi connectivity index (χ1n) is 7.27. The van der Waals surface area contributed by atoms with E-state index in [-0.39, 0.29) is 5.02 Å². The van der Waals surface area contributed by atoms with Gasteiger partial charge in [0, 0.05) is 24.2 Å². The van der Waals surface area contributed by atoms with E-state index < -0.39 is 5.82 Å². The number of nitrogens with one attached hydrogen (secondary N) is 1. The maximum Gasteiger partial charge on any atom is 0.143 e. The summed E-state index contributed by atoms with van der Waals surface area (Å²) in [6.07, 6.45) is 6.09. The fourth-order valence-electron chi connectivity index (χ4n) is 3.64. The Bertz CT molecular complexity index is 494. The summed E-state index contributed by atoms with van der Waals surface area (Å²) in [5, 5.41) is 3.58. The van der Waals surface area contributed by atoms with Gasteiger partial charge in [0.05, 0.1) is 16.4 Å². The molecule has 0 aliphatic carbocycles. The second-order valence-corrected chi connectivity index (χ2v) is 6.48. The van der Waals surface area contributed by atoms with Crippen LogP contribution in [-0.2, 0) is 0 Å². The van der Waals surface area contributed by atoms with E-state index in [9.17, 15) is 4.39 Å². The minimum Gasteiger partial charge on any atom is -0.397 e. The van der Waals surface area contributed by atoms with Crippen molar-refractivity contribution in [3.05, 3.63) is 23.0 Å². The number of hydrogen-bond acceptors (Lipinski definition) is 3. The van der Waals surface area contributed by atoms with E-state index in [4.69, 9.17) is 17.3 Å². The van der Waals surface area contributed by atoms with Crippen molar-refractivity contribution in [1.82, 2.24) is 4.90 Å². The lowest BCUT2D eigenvalue weighted by Crippen LogP contribution is -2.52. The summed E-state index contributed by atoms with van der Waals surface area (Å²) in [6.45, 7) is 0. The maximum atomic E-state index is 13.3. The van der Waals surface area contributed by atoms with Gasteiger partial charge in [-0.1, -0.05) is 18.0 Å². The third-order valence-electron chi connectivity index (χ3n) is 4.79. The molecule has 0 amide bonds. The van der Waals surface area contributed by atoms with E-state index >= 15 is 0 Å². The molecular weight excluding hydrogens is 277 g/mol. The van der Waals surface area contributed by atoms with Crippen LogP contribution in [0.5, 0.6) is 0 Å². The van der Waals surface area contributed by atoms with Gasteiger partial charge >= 0.3 is 0 Å². The molecule has 2 unspecified atom stereocenters. The fraction of sp³-hybridized carbons (Fsp3) is 0.600. The van der Waals surface area contributed by atoms with Crippen LogP contribution >= 0.6 is 11.6 Å². The molecule has 0 saturated carbocycles. The molecule has 1 aromatic carbocycles. The van der Waals surface area contributed by atoms with Crippen molar-refractivity contribution in [3.8, 4) is 0 Å². The number of nitrogen functional groups attached to an aromatic ring is 1. The summed E-state index contributed by atoms with van der Waals surface area (Å²) >= 11 is 5.84. The molecular formula is C15H21ClFN3. The molecule has 2 saturated heterocycles. The number of fused-ring (bicyclic) bond motifs is 2. The minimum absolute atomic E-state index is 0.120. The van der Waals surface area contributed by atoms with Crippen molar-refractivity contribution in [2.75, 3.05) is 18.1 Å². The molecule has 5 heteroatoms. The molecule has 3 nitrogen and oxygen atoms in total. The van der Waals surface area contributed by atoms with Crippen LogP contribution in [0.25, 0.3) is 0 Å². The van der Waals surface area contributed by atoms with Crippen molar-refractivity contribution < 1.29 is 4.39 Å². The number of halogens is 2. The Morgan fingerprint density at radius 2 is 1.95 bits per heavy atom. The third-order valence-corrected chi connectivity index (χ3v) is 5.08. The Kier molecular flexibility index (Phi) is 3.78. The Morgan fingerprint density at radius 3 is 2.60 bits per heavy atom. The van der Waals surface area contributed by atoms with Crippen LogP contribution in [0.15, 0.2) is 12.1 Å². The molecule has 0 radical (unpaired) electrons. The molecule has 2 atom stereocenters. The van der Waals surface area contributed by atoms with Gasteiger partial charge in [-0.3, -0.25) is 0 Å². The molecule has 3 rings (SSSR count). The highest BCUT2D eigenvalue weighted by Gasteiger charge is 2.35. The summed E-state index contributed by atoms with van der Waals surface area (Å²) in [5.74, 6) is -0.463. The van der Waals surface area contributed by atoms with Gasteiger partial charge in [0.1, 0.15) is 5.82 Å². The lowest BCUT2D eigenvalue weighted by atomic mass is 9.82. The zero-order chi connectivity index (χ0) is 14.3. The topological polar surface area (TPSA) is 41.3 Å². The fourth-order valence-corrected chi connectivity index (χ4v) is 3.80. The van der Waals surface area contributed by atoms with Crippen LogP contribution in [0.4, 0.5) is 15.8 Å².